The molecule has 4 heteroatoms. The Morgan fingerprint density at radius 1 is 1.17 bits per heavy atom. The second-order valence-corrected chi connectivity index (χ2v) is 6.87. The summed E-state index contributed by atoms with van der Waals surface area (Å²) in [5.41, 5.74) is 2.40. The Labute approximate surface area is 138 Å². The zero-order valence-electron chi connectivity index (χ0n) is 14.1. The normalized spacial score (nSPS) is 26.5. The summed E-state index contributed by atoms with van der Waals surface area (Å²) in [6.45, 7) is 10.6. The monoisotopic (exact) mass is 314 g/mol. The van der Waals surface area contributed by atoms with Crippen LogP contribution in [0.15, 0.2) is 28.7 Å². The Bertz CT molecular complexity index is 681. The molecular weight excluding hydrogens is 288 g/mol. The highest BCUT2D eigenvalue weighted by molar-refractivity contribution is 5.82. The Kier molecular flexibility index (Phi) is 4.14. The van der Waals surface area contributed by atoms with Crippen molar-refractivity contribution in [3.63, 3.8) is 0 Å². The predicted octanol–water partition coefficient (Wildman–Crippen LogP) is 2.90. The summed E-state index contributed by atoms with van der Waals surface area (Å²) in [5, 5.41) is 1.28. The maximum Gasteiger partial charge on any atom is 0.134 e. The molecule has 124 valence electrons. The lowest BCUT2D eigenvalue weighted by Gasteiger charge is -2.47. The van der Waals surface area contributed by atoms with Crippen LogP contribution in [-0.2, 0) is 17.7 Å². The fourth-order valence-electron chi connectivity index (χ4n) is 4.11. The number of hydrogen-bond donors (Lipinski definition) is 0. The van der Waals surface area contributed by atoms with Gasteiger partial charge in [0, 0.05) is 55.6 Å². The second kappa shape index (κ2) is 6.27. The van der Waals surface area contributed by atoms with Crippen LogP contribution in [0.2, 0.25) is 0 Å². The average Bonchev–Trinajstić information content (AvgIpc) is 2.93. The molecule has 1 aromatic carbocycles. The Morgan fingerprint density at radius 3 is 2.91 bits per heavy atom. The standard InChI is InChI=1S/C19H26N2O2/c1-3-18-17(16-6-4-5-7-19(16)23-18)11-20-8-9-21-14(2)12-22-13-15(21)10-20/h4-7,14-15H,3,8-13H2,1-2H3/t14-,15+/m0/s1. The van der Waals surface area contributed by atoms with Gasteiger partial charge in [-0.3, -0.25) is 9.80 Å². The lowest BCUT2D eigenvalue weighted by molar-refractivity contribution is -0.0765. The first-order valence-electron chi connectivity index (χ1n) is 8.81. The molecule has 2 aromatic rings. The van der Waals surface area contributed by atoms with E-state index in [1.54, 1.807) is 0 Å². The van der Waals surface area contributed by atoms with Gasteiger partial charge in [-0.25, -0.2) is 0 Å². The van der Waals surface area contributed by atoms with E-state index in [1.807, 2.05) is 0 Å². The summed E-state index contributed by atoms with van der Waals surface area (Å²) < 4.78 is 11.8. The van der Waals surface area contributed by atoms with Crippen molar-refractivity contribution in [2.75, 3.05) is 32.8 Å². The molecule has 4 rings (SSSR count). The molecule has 0 saturated carbocycles. The van der Waals surface area contributed by atoms with Crippen molar-refractivity contribution in [3.05, 3.63) is 35.6 Å². The molecule has 0 unspecified atom stereocenters. The SMILES string of the molecule is CCc1oc2ccccc2c1CN1CCN2[C@@H](COC[C@@H]2C)C1. The molecule has 23 heavy (non-hydrogen) atoms. The van der Waals surface area contributed by atoms with Crippen LogP contribution in [0.1, 0.15) is 25.2 Å². The molecule has 0 N–H and O–H groups in total. The van der Waals surface area contributed by atoms with Crippen LogP contribution in [0, 0.1) is 0 Å². The van der Waals surface area contributed by atoms with Crippen molar-refractivity contribution < 1.29 is 9.15 Å². The molecule has 0 bridgehead atoms. The van der Waals surface area contributed by atoms with Gasteiger partial charge in [-0.1, -0.05) is 25.1 Å². The topological polar surface area (TPSA) is 28.9 Å². The average molecular weight is 314 g/mol. The third kappa shape index (κ3) is 2.80. The molecule has 3 heterocycles. The van der Waals surface area contributed by atoms with Crippen LogP contribution in [0.4, 0.5) is 0 Å². The number of furan rings is 1. The number of rotatable bonds is 3. The summed E-state index contributed by atoms with van der Waals surface area (Å²) in [6, 6.07) is 9.51. The third-order valence-electron chi connectivity index (χ3n) is 5.33. The first kappa shape index (κ1) is 15.2. The minimum atomic E-state index is 0.538. The number of nitrogens with zero attached hydrogens (tertiary/aromatic N) is 2. The molecule has 2 atom stereocenters. The lowest BCUT2D eigenvalue weighted by Crippen LogP contribution is -2.60. The number of piperazine rings is 1. The Morgan fingerprint density at radius 2 is 2.04 bits per heavy atom. The largest absolute Gasteiger partial charge is 0.461 e. The van der Waals surface area contributed by atoms with Gasteiger partial charge in [-0.05, 0) is 13.0 Å². The van der Waals surface area contributed by atoms with Crippen molar-refractivity contribution in [1.82, 2.24) is 9.80 Å². The van der Waals surface area contributed by atoms with E-state index in [1.165, 1.54) is 10.9 Å². The molecule has 2 aliphatic rings. The maximum absolute atomic E-state index is 6.05. The molecule has 4 nitrogen and oxygen atoms in total. The fraction of sp³-hybridized carbons (Fsp3) is 0.579. The number of benzene rings is 1. The van der Waals surface area contributed by atoms with E-state index >= 15 is 0 Å². The first-order valence-corrected chi connectivity index (χ1v) is 8.81. The van der Waals surface area contributed by atoms with Gasteiger partial charge >= 0.3 is 0 Å². The highest BCUT2D eigenvalue weighted by Crippen LogP contribution is 2.28. The van der Waals surface area contributed by atoms with Gasteiger partial charge in [0.25, 0.3) is 0 Å². The van der Waals surface area contributed by atoms with E-state index in [-0.39, 0.29) is 0 Å². The molecule has 0 amide bonds. The van der Waals surface area contributed by atoms with Gasteiger partial charge in [0.2, 0.25) is 0 Å². The van der Waals surface area contributed by atoms with Crippen LogP contribution in [-0.4, -0.2) is 54.7 Å². The van der Waals surface area contributed by atoms with Crippen molar-refractivity contribution in [2.45, 2.75) is 38.9 Å². The highest BCUT2D eigenvalue weighted by atomic mass is 16.5. The summed E-state index contributed by atoms with van der Waals surface area (Å²) in [4.78, 5) is 5.19. The third-order valence-corrected chi connectivity index (χ3v) is 5.33. The Hall–Kier alpha value is -1.36. The molecule has 0 spiro atoms. The maximum atomic E-state index is 6.05. The molecule has 2 aliphatic heterocycles. The molecular formula is C19H26N2O2. The van der Waals surface area contributed by atoms with Gasteiger partial charge in [0.05, 0.1) is 13.2 Å². The summed E-state index contributed by atoms with van der Waals surface area (Å²) in [7, 11) is 0. The van der Waals surface area contributed by atoms with Gasteiger partial charge in [-0.2, -0.15) is 0 Å². The molecule has 1 aromatic heterocycles. The zero-order valence-corrected chi connectivity index (χ0v) is 14.1. The van der Waals surface area contributed by atoms with Crippen LogP contribution in [0.25, 0.3) is 11.0 Å². The van der Waals surface area contributed by atoms with Crippen LogP contribution in [0.5, 0.6) is 0 Å². The number of hydrogen-bond acceptors (Lipinski definition) is 4. The highest BCUT2D eigenvalue weighted by Gasteiger charge is 2.33. The molecule has 2 saturated heterocycles. The van der Waals surface area contributed by atoms with E-state index in [0.717, 1.165) is 57.2 Å². The summed E-state index contributed by atoms with van der Waals surface area (Å²) in [6.07, 6.45) is 0.952. The molecule has 0 radical (unpaired) electrons. The Balaban J connectivity index is 1.55. The summed E-state index contributed by atoms with van der Waals surface area (Å²) >= 11 is 0. The van der Waals surface area contributed by atoms with Gasteiger partial charge < -0.3 is 9.15 Å². The number of ether oxygens (including phenoxy) is 1. The van der Waals surface area contributed by atoms with E-state index < -0.39 is 0 Å². The van der Waals surface area contributed by atoms with E-state index in [0.29, 0.717) is 12.1 Å². The van der Waals surface area contributed by atoms with Crippen LogP contribution < -0.4 is 0 Å². The van der Waals surface area contributed by atoms with Crippen molar-refractivity contribution in [2.24, 2.45) is 0 Å². The zero-order chi connectivity index (χ0) is 15.8. The predicted molar refractivity (Wildman–Crippen MR) is 91.6 cm³/mol. The first-order chi connectivity index (χ1) is 11.3. The lowest BCUT2D eigenvalue weighted by atomic mass is 10.0. The van der Waals surface area contributed by atoms with Crippen molar-refractivity contribution in [1.29, 1.82) is 0 Å². The van der Waals surface area contributed by atoms with E-state index in [4.69, 9.17) is 9.15 Å². The minimum absolute atomic E-state index is 0.538. The number of morpholine rings is 1. The van der Waals surface area contributed by atoms with Gasteiger partial charge in [-0.15, -0.1) is 0 Å². The van der Waals surface area contributed by atoms with Gasteiger partial charge in [0.1, 0.15) is 11.3 Å². The van der Waals surface area contributed by atoms with Crippen LogP contribution >= 0.6 is 0 Å². The molecule has 2 fully saturated rings. The number of fused-ring (bicyclic) bond motifs is 2. The number of aryl methyl sites for hydroxylation is 1. The fourth-order valence-corrected chi connectivity index (χ4v) is 4.11. The quantitative estimate of drug-likeness (QED) is 0.871. The van der Waals surface area contributed by atoms with E-state index in [9.17, 15) is 0 Å². The number of para-hydroxylation sites is 1. The van der Waals surface area contributed by atoms with E-state index in [2.05, 4.69) is 47.9 Å². The molecule has 0 aliphatic carbocycles. The second-order valence-electron chi connectivity index (χ2n) is 6.87. The summed E-state index contributed by atoms with van der Waals surface area (Å²) in [5.74, 6) is 1.14. The minimum Gasteiger partial charge on any atom is -0.461 e. The van der Waals surface area contributed by atoms with Gasteiger partial charge in [0.15, 0.2) is 0 Å². The van der Waals surface area contributed by atoms with Crippen molar-refractivity contribution >= 4 is 11.0 Å². The van der Waals surface area contributed by atoms with Crippen LogP contribution in [0.3, 0.4) is 0 Å². The van der Waals surface area contributed by atoms with Crippen molar-refractivity contribution in [3.8, 4) is 0 Å². The smallest absolute Gasteiger partial charge is 0.134 e.